The summed E-state index contributed by atoms with van der Waals surface area (Å²) in [7, 11) is 4.31. The van der Waals surface area contributed by atoms with Gasteiger partial charge in [-0.1, -0.05) is 54.6 Å². The SMILES string of the molecule is CN(C)C1(c2ccccc2)CCN(C(=O)C(CN)[C@H]2CCc3ccccc32)CC1. The molecule has 0 saturated carbocycles. The summed E-state index contributed by atoms with van der Waals surface area (Å²) in [5, 5.41) is 0. The first kappa shape index (κ1) is 20.1. The summed E-state index contributed by atoms with van der Waals surface area (Å²) in [5.74, 6) is 0.398. The van der Waals surface area contributed by atoms with E-state index >= 15 is 0 Å². The fourth-order valence-corrected chi connectivity index (χ4v) is 5.52. The van der Waals surface area contributed by atoms with Gasteiger partial charge in [-0.15, -0.1) is 0 Å². The van der Waals surface area contributed by atoms with Crippen LogP contribution < -0.4 is 5.73 Å². The van der Waals surface area contributed by atoms with Crippen molar-refractivity contribution < 1.29 is 4.79 Å². The van der Waals surface area contributed by atoms with Crippen LogP contribution in [0.2, 0.25) is 0 Å². The van der Waals surface area contributed by atoms with Gasteiger partial charge in [0.25, 0.3) is 0 Å². The first-order valence-corrected chi connectivity index (χ1v) is 10.9. The molecule has 2 N–H and O–H groups in total. The second kappa shape index (κ2) is 8.29. The standard InChI is InChI=1S/C25H33N3O/c1-27(2)25(20-9-4-3-5-10-20)14-16-28(17-15-25)24(29)23(18-26)22-13-12-19-8-6-7-11-21(19)22/h3-11,22-23H,12-18,26H2,1-2H3/t22-,23?/m0/s1. The molecular formula is C25H33N3O. The van der Waals surface area contributed by atoms with Crippen molar-refractivity contribution in [2.75, 3.05) is 33.7 Å². The molecule has 2 aromatic carbocycles. The van der Waals surface area contributed by atoms with Gasteiger partial charge in [0, 0.05) is 25.2 Å². The average molecular weight is 392 g/mol. The minimum absolute atomic E-state index is 0.00376. The quantitative estimate of drug-likeness (QED) is 0.850. The van der Waals surface area contributed by atoms with Gasteiger partial charge in [-0.25, -0.2) is 0 Å². The summed E-state index contributed by atoms with van der Waals surface area (Å²) in [6.07, 6.45) is 4.00. The number of carbonyl (C=O) groups excluding carboxylic acids is 1. The number of nitrogens with zero attached hydrogens (tertiary/aromatic N) is 2. The van der Waals surface area contributed by atoms with Crippen LogP contribution >= 0.6 is 0 Å². The molecule has 0 radical (unpaired) electrons. The molecule has 1 saturated heterocycles. The van der Waals surface area contributed by atoms with E-state index in [0.29, 0.717) is 6.54 Å². The van der Waals surface area contributed by atoms with Gasteiger partial charge >= 0.3 is 0 Å². The number of hydrogen-bond acceptors (Lipinski definition) is 3. The van der Waals surface area contributed by atoms with Crippen molar-refractivity contribution in [1.29, 1.82) is 0 Å². The van der Waals surface area contributed by atoms with Crippen LogP contribution in [-0.2, 0) is 16.8 Å². The number of hydrogen-bond donors (Lipinski definition) is 1. The van der Waals surface area contributed by atoms with E-state index in [2.05, 4.69) is 78.5 Å². The lowest BCUT2D eigenvalue weighted by molar-refractivity contribution is -0.138. The van der Waals surface area contributed by atoms with E-state index in [1.807, 2.05) is 0 Å². The van der Waals surface area contributed by atoms with Crippen LogP contribution in [-0.4, -0.2) is 49.4 Å². The van der Waals surface area contributed by atoms with Crippen molar-refractivity contribution in [3.05, 3.63) is 71.3 Å². The first-order valence-electron chi connectivity index (χ1n) is 10.9. The van der Waals surface area contributed by atoms with Gasteiger partial charge in [-0.2, -0.15) is 0 Å². The highest BCUT2D eigenvalue weighted by Crippen LogP contribution is 2.41. The Morgan fingerprint density at radius 1 is 1.10 bits per heavy atom. The zero-order valence-corrected chi connectivity index (χ0v) is 17.7. The highest BCUT2D eigenvalue weighted by atomic mass is 16.2. The van der Waals surface area contributed by atoms with Crippen molar-refractivity contribution in [1.82, 2.24) is 9.80 Å². The van der Waals surface area contributed by atoms with Crippen LogP contribution in [0.3, 0.4) is 0 Å². The fourth-order valence-electron chi connectivity index (χ4n) is 5.52. The van der Waals surface area contributed by atoms with E-state index in [1.165, 1.54) is 16.7 Å². The fraction of sp³-hybridized carbons (Fsp3) is 0.480. The first-order chi connectivity index (χ1) is 14.1. The summed E-state index contributed by atoms with van der Waals surface area (Å²) in [4.78, 5) is 17.9. The van der Waals surface area contributed by atoms with Gasteiger partial charge in [0.1, 0.15) is 0 Å². The maximum Gasteiger partial charge on any atom is 0.227 e. The van der Waals surface area contributed by atoms with Crippen LogP contribution in [0.1, 0.15) is 41.9 Å². The minimum atomic E-state index is -0.109. The number of amides is 1. The molecule has 2 aromatic rings. The summed E-state index contributed by atoms with van der Waals surface area (Å²) in [5.41, 5.74) is 10.2. The van der Waals surface area contributed by atoms with Crippen LogP contribution in [0, 0.1) is 5.92 Å². The molecule has 1 aliphatic carbocycles. The summed E-state index contributed by atoms with van der Waals surface area (Å²) in [6.45, 7) is 2.00. The lowest BCUT2D eigenvalue weighted by atomic mass is 9.79. The summed E-state index contributed by atoms with van der Waals surface area (Å²) >= 11 is 0. The molecule has 0 bridgehead atoms. The monoisotopic (exact) mass is 391 g/mol. The van der Waals surface area contributed by atoms with Crippen LogP contribution in [0.5, 0.6) is 0 Å². The van der Waals surface area contributed by atoms with Crippen molar-refractivity contribution in [3.63, 3.8) is 0 Å². The van der Waals surface area contributed by atoms with Crippen LogP contribution in [0.4, 0.5) is 0 Å². The Bertz CT molecular complexity index is 840. The van der Waals surface area contributed by atoms with Crippen molar-refractivity contribution in [2.24, 2.45) is 11.7 Å². The van der Waals surface area contributed by atoms with Gasteiger partial charge in [-0.3, -0.25) is 9.69 Å². The normalized spacial score (nSPS) is 21.8. The summed E-state index contributed by atoms with van der Waals surface area (Å²) < 4.78 is 0. The van der Waals surface area contributed by atoms with E-state index in [0.717, 1.165) is 38.8 Å². The van der Waals surface area contributed by atoms with E-state index in [-0.39, 0.29) is 23.3 Å². The van der Waals surface area contributed by atoms with Crippen LogP contribution in [0.25, 0.3) is 0 Å². The molecule has 0 aromatic heterocycles. The number of aryl methyl sites for hydroxylation is 1. The summed E-state index contributed by atoms with van der Waals surface area (Å²) in [6, 6.07) is 19.3. The molecule has 4 nitrogen and oxygen atoms in total. The number of piperidine rings is 1. The molecule has 1 heterocycles. The number of likely N-dealkylation sites (tertiary alicyclic amines) is 1. The Hall–Kier alpha value is -2.17. The largest absolute Gasteiger partial charge is 0.342 e. The molecule has 4 rings (SSSR count). The highest BCUT2D eigenvalue weighted by molar-refractivity contribution is 5.80. The number of benzene rings is 2. The zero-order valence-electron chi connectivity index (χ0n) is 17.7. The average Bonchev–Trinajstić information content (AvgIpc) is 3.19. The van der Waals surface area contributed by atoms with E-state index < -0.39 is 0 Å². The Kier molecular flexibility index (Phi) is 5.75. The molecule has 2 aliphatic rings. The third kappa shape index (κ3) is 3.60. The molecule has 1 aliphatic heterocycles. The molecule has 154 valence electrons. The Labute approximate surface area is 174 Å². The Morgan fingerprint density at radius 2 is 1.76 bits per heavy atom. The predicted molar refractivity (Wildman–Crippen MR) is 118 cm³/mol. The molecular weight excluding hydrogens is 358 g/mol. The van der Waals surface area contributed by atoms with Gasteiger partial charge in [0.2, 0.25) is 5.91 Å². The minimum Gasteiger partial charge on any atom is -0.342 e. The third-order valence-electron chi connectivity index (χ3n) is 7.31. The Morgan fingerprint density at radius 3 is 2.41 bits per heavy atom. The second-order valence-electron chi connectivity index (χ2n) is 8.80. The predicted octanol–water partition coefficient (Wildman–Crippen LogP) is 3.37. The molecule has 4 heteroatoms. The van der Waals surface area contributed by atoms with Gasteiger partial charge in [0.05, 0.1) is 5.92 Å². The van der Waals surface area contributed by atoms with Crippen molar-refractivity contribution in [3.8, 4) is 0 Å². The van der Waals surface area contributed by atoms with E-state index in [9.17, 15) is 4.79 Å². The van der Waals surface area contributed by atoms with E-state index in [1.54, 1.807) is 0 Å². The van der Waals surface area contributed by atoms with E-state index in [4.69, 9.17) is 5.73 Å². The number of rotatable bonds is 5. The molecule has 1 fully saturated rings. The van der Waals surface area contributed by atoms with Gasteiger partial charge in [-0.05, 0) is 62.4 Å². The molecule has 0 spiro atoms. The molecule has 2 atom stereocenters. The zero-order chi connectivity index (χ0) is 20.4. The maximum absolute atomic E-state index is 13.5. The lowest BCUT2D eigenvalue weighted by Gasteiger charge is -2.47. The molecule has 29 heavy (non-hydrogen) atoms. The topological polar surface area (TPSA) is 49.6 Å². The van der Waals surface area contributed by atoms with Gasteiger partial charge in [0.15, 0.2) is 0 Å². The van der Waals surface area contributed by atoms with Crippen molar-refractivity contribution >= 4 is 5.91 Å². The number of carbonyl (C=O) groups is 1. The Balaban J connectivity index is 1.50. The second-order valence-corrected chi connectivity index (χ2v) is 8.80. The number of nitrogens with two attached hydrogens (primary N) is 1. The third-order valence-corrected chi connectivity index (χ3v) is 7.31. The lowest BCUT2D eigenvalue weighted by Crippen LogP contribution is -2.53. The molecule has 1 amide bonds. The smallest absolute Gasteiger partial charge is 0.227 e. The highest BCUT2D eigenvalue weighted by Gasteiger charge is 2.42. The van der Waals surface area contributed by atoms with Gasteiger partial charge < -0.3 is 10.6 Å². The van der Waals surface area contributed by atoms with Crippen molar-refractivity contribution in [2.45, 2.75) is 37.1 Å². The van der Waals surface area contributed by atoms with Crippen LogP contribution in [0.15, 0.2) is 54.6 Å². The number of fused-ring (bicyclic) bond motifs is 1. The maximum atomic E-state index is 13.5. The molecule has 1 unspecified atom stereocenters.